The van der Waals surface area contributed by atoms with E-state index in [-0.39, 0.29) is 17.9 Å². The van der Waals surface area contributed by atoms with Crippen molar-refractivity contribution in [3.05, 3.63) is 35.9 Å². The summed E-state index contributed by atoms with van der Waals surface area (Å²) in [5, 5.41) is 9.12. The van der Waals surface area contributed by atoms with Crippen molar-refractivity contribution in [1.29, 1.82) is 0 Å². The first-order valence-corrected chi connectivity index (χ1v) is 6.14. The smallest absolute Gasteiger partial charge is 0.306 e. The summed E-state index contributed by atoms with van der Waals surface area (Å²) < 4.78 is 0. The van der Waals surface area contributed by atoms with Crippen LogP contribution in [-0.2, 0) is 9.59 Å². The highest BCUT2D eigenvalue weighted by Gasteiger charge is 2.34. The second-order valence-corrected chi connectivity index (χ2v) is 4.70. The van der Waals surface area contributed by atoms with Crippen molar-refractivity contribution in [3.8, 4) is 0 Å². The molecule has 1 saturated heterocycles. The third kappa shape index (κ3) is 2.53. The SMILES string of the molecule is CC(=O)N1CC[C@@H](C(=O)O)C[C@H]1c1ccccc1. The van der Waals surface area contributed by atoms with E-state index in [9.17, 15) is 9.59 Å². The summed E-state index contributed by atoms with van der Waals surface area (Å²) in [5.74, 6) is -1.11. The minimum absolute atomic E-state index is 0.00712. The molecule has 0 unspecified atom stereocenters. The van der Waals surface area contributed by atoms with E-state index < -0.39 is 5.97 Å². The molecule has 1 aliphatic rings. The number of amides is 1. The van der Waals surface area contributed by atoms with Crippen molar-refractivity contribution < 1.29 is 14.7 Å². The van der Waals surface area contributed by atoms with Gasteiger partial charge in [0, 0.05) is 13.5 Å². The van der Waals surface area contributed by atoms with Gasteiger partial charge in [-0.05, 0) is 18.4 Å². The first-order valence-electron chi connectivity index (χ1n) is 6.14. The van der Waals surface area contributed by atoms with Gasteiger partial charge in [0.1, 0.15) is 0 Å². The highest BCUT2D eigenvalue weighted by Crippen LogP contribution is 2.34. The highest BCUT2D eigenvalue weighted by molar-refractivity contribution is 5.75. The van der Waals surface area contributed by atoms with Crippen LogP contribution in [0.25, 0.3) is 0 Å². The number of likely N-dealkylation sites (tertiary alicyclic amines) is 1. The molecular formula is C14H17NO3. The molecule has 96 valence electrons. The molecule has 1 aliphatic heterocycles. The lowest BCUT2D eigenvalue weighted by atomic mass is 9.87. The molecule has 1 aromatic rings. The number of hydrogen-bond acceptors (Lipinski definition) is 2. The number of rotatable bonds is 2. The van der Waals surface area contributed by atoms with E-state index in [1.54, 1.807) is 4.90 Å². The fraction of sp³-hybridized carbons (Fsp3) is 0.429. The minimum atomic E-state index is -0.765. The van der Waals surface area contributed by atoms with Crippen molar-refractivity contribution in [1.82, 2.24) is 4.90 Å². The Bertz CT molecular complexity index is 444. The Balaban J connectivity index is 2.25. The number of aliphatic carboxylic acids is 1. The van der Waals surface area contributed by atoms with Crippen LogP contribution >= 0.6 is 0 Å². The van der Waals surface area contributed by atoms with Crippen LogP contribution in [0, 0.1) is 5.92 Å². The summed E-state index contributed by atoms with van der Waals surface area (Å²) in [7, 11) is 0. The van der Waals surface area contributed by atoms with Crippen molar-refractivity contribution >= 4 is 11.9 Å². The molecule has 2 atom stereocenters. The molecule has 0 saturated carbocycles. The Morgan fingerprint density at radius 1 is 1.28 bits per heavy atom. The zero-order valence-electron chi connectivity index (χ0n) is 10.4. The Kier molecular flexibility index (Phi) is 3.65. The predicted octanol–water partition coefficient (Wildman–Crippen LogP) is 2.07. The topological polar surface area (TPSA) is 57.6 Å². The lowest BCUT2D eigenvalue weighted by Gasteiger charge is -2.38. The summed E-state index contributed by atoms with van der Waals surface area (Å²) in [4.78, 5) is 24.5. The number of carboxylic acid groups (broad SMARTS) is 1. The van der Waals surface area contributed by atoms with E-state index in [1.807, 2.05) is 30.3 Å². The lowest BCUT2D eigenvalue weighted by Crippen LogP contribution is -2.41. The Labute approximate surface area is 106 Å². The highest BCUT2D eigenvalue weighted by atomic mass is 16.4. The van der Waals surface area contributed by atoms with Crippen molar-refractivity contribution in [2.75, 3.05) is 6.54 Å². The maximum absolute atomic E-state index is 11.6. The maximum Gasteiger partial charge on any atom is 0.306 e. The van der Waals surface area contributed by atoms with Gasteiger partial charge >= 0.3 is 5.97 Å². The summed E-state index contributed by atoms with van der Waals surface area (Å²) in [6.07, 6.45) is 1.04. The van der Waals surface area contributed by atoms with Gasteiger partial charge in [0.25, 0.3) is 0 Å². The molecule has 1 fully saturated rings. The molecule has 4 nitrogen and oxygen atoms in total. The average molecular weight is 247 g/mol. The molecule has 2 rings (SSSR count). The number of piperidine rings is 1. The van der Waals surface area contributed by atoms with Gasteiger partial charge in [0.2, 0.25) is 5.91 Å². The first-order chi connectivity index (χ1) is 8.59. The molecule has 18 heavy (non-hydrogen) atoms. The van der Waals surface area contributed by atoms with Crippen molar-refractivity contribution in [2.24, 2.45) is 5.92 Å². The third-order valence-corrected chi connectivity index (χ3v) is 3.54. The van der Waals surface area contributed by atoms with Gasteiger partial charge in [-0.1, -0.05) is 30.3 Å². The second-order valence-electron chi connectivity index (χ2n) is 4.70. The molecule has 0 bridgehead atoms. The van der Waals surface area contributed by atoms with Crippen LogP contribution in [0.4, 0.5) is 0 Å². The average Bonchev–Trinajstić information content (AvgIpc) is 2.39. The summed E-state index contributed by atoms with van der Waals surface area (Å²) in [6, 6.07) is 9.53. The van der Waals surface area contributed by atoms with E-state index in [4.69, 9.17) is 5.11 Å². The van der Waals surface area contributed by atoms with Gasteiger partial charge in [0.15, 0.2) is 0 Å². The third-order valence-electron chi connectivity index (χ3n) is 3.54. The van der Waals surface area contributed by atoms with Gasteiger partial charge in [-0.2, -0.15) is 0 Å². The molecule has 4 heteroatoms. The maximum atomic E-state index is 11.6. The zero-order valence-corrected chi connectivity index (χ0v) is 10.4. The number of hydrogen-bond donors (Lipinski definition) is 1. The van der Waals surface area contributed by atoms with Crippen LogP contribution in [0.2, 0.25) is 0 Å². The fourth-order valence-electron chi connectivity index (χ4n) is 2.56. The Morgan fingerprint density at radius 2 is 1.94 bits per heavy atom. The Morgan fingerprint density at radius 3 is 2.50 bits per heavy atom. The number of carbonyl (C=O) groups is 2. The molecule has 1 heterocycles. The van der Waals surface area contributed by atoms with E-state index in [0.29, 0.717) is 19.4 Å². The van der Waals surface area contributed by atoms with Crippen LogP contribution in [0.5, 0.6) is 0 Å². The minimum Gasteiger partial charge on any atom is -0.481 e. The number of carboxylic acids is 1. The van der Waals surface area contributed by atoms with Crippen molar-refractivity contribution in [2.45, 2.75) is 25.8 Å². The van der Waals surface area contributed by atoms with Crippen LogP contribution in [-0.4, -0.2) is 28.4 Å². The molecule has 1 amide bonds. The van der Waals surface area contributed by atoms with Crippen molar-refractivity contribution in [3.63, 3.8) is 0 Å². The quantitative estimate of drug-likeness (QED) is 0.870. The molecular weight excluding hydrogens is 230 g/mol. The van der Waals surface area contributed by atoms with Crippen LogP contribution in [0.3, 0.4) is 0 Å². The molecule has 0 radical (unpaired) electrons. The number of benzene rings is 1. The molecule has 0 spiro atoms. The second kappa shape index (κ2) is 5.21. The Hall–Kier alpha value is -1.84. The number of nitrogens with zero attached hydrogens (tertiary/aromatic N) is 1. The molecule has 1 aromatic carbocycles. The first kappa shape index (κ1) is 12.6. The molecule has 0 aliphatic carbocycles. The zero-order chi connectivity index (χ0) is 13.1. The summed E-state index contributed by atoms with van der Waals surface area (Å²) in [6.45, 7) is 2.06. The van der Waals surface area contributed by atoms with Gasteiger partial charge in [0.05, 0.1) is 12.0 Å². The standard InChI is InChI=1S/C14H17NO3/c1-10(16)15-8-7-12(14(17)18)9-13(15)11-5-3-2-4-6-11/h2-6,12-13H,7-9H2,1H3,(H,17,18)/t12-,13+/m1/s1. The number of carbonyl (C=O) groups excluding carboxylic acids is 1. The van der Waals surface area contributed by atoms with Crippen LogP contribution in [0.15, 0.2) is 30.3 Å². The summed E-state index contributed by atoms with van der Waals surface area (Å²) in [5.41, 5.74) is 1.01. The van der Waals surface area contributed by atoms with E-state index in [1.165, 1.54) is 6.92 Å². The van der Waals surface area contributed by atoms with Crippen LogP contribution < -0.4 is 0 Å². The molecule has 1 N–H and O–H groups in total. The molecule has 0 aromatic heterocycles. The lowest BCUT2D eigenvalue weighted by molar-refractivity contribution is -0.147. The van der Waals surface area contributed by atoms with Crippen LogP contribution in [0.1, 0.15) is 31.4 Å². The van der Waals surface area contributed by atoms with Gasteiger partial charge in [-0.15, -0.1) is 0 Å². The predicted molar refractivity (Wildman–Crippen MR) is 66.9 cm³/mol. The monoisotopic (exact) mass is 247 g/mol. The van der Waals surface area contributed by atoms with Gasteiger partial charge in [-0.3, -0.25) is 9.59 Å². The fourth-order valence-corrected chi connectivity index (χ4v) is 2.56. The van der Waals surface area contributed by atoms with Gasteiger partial charge < -0.3 is 10.0 Å². The van der Waals surface area contributed by atoms with Gasteiger partial charge in [-0.25, -0.2) is 0 Å². The van der Waals surface area contributed by atoms with E-state index >= 15 is 0 Å². The summed E-state index contributed by atoms with van der Waals surface area (Å²) >= 11 is 0. The normalized spacial score (nSPS) is 23.7. The largest absolute Gasteiger partial charge is 0.481 e. The van der Waals surface area contributed by atoms with E-state index in [0.717, 1.165) is 5.56 Å². The van der Waals surface area contributed by atoms with E-state index in [2.05, 4.69) is 0 Å².